The maximum atomic E-state index is 12.2. The van der Waals surface area contributed by atoms with E-state index < -0.39 is 0 Å². The Morgan fingerprint density at radius 2 is 2.15 bits per heavy atom. The second-order valence-corrected chi connectivity index (χ2v) is 5.53. The van der Waals surface area contributed by atoms with Gasteiger partial charge >= 0.3 is 0 Å². The highest BCUT2D eigenvalue weighted by molar-refractivity contribution is 5.89. The molecule has 2 rings (SSSR count). The van der Waals surface area contributed by atoms with Crippen molar-refractivity contribution in [2.45, 2.75) is 39.3 Å². The summed E-state index contributed by atoms with van der Waals surface area (Å²) in [6.45, 7) is 6.35. The molecule has 1 N–H and O–H groups in total. The molecule has 2 amide bonds. The molecule has 2 atom stereocenters. The Bertz CT molecular complexity index is 487. The molecular weight excluding hydrogens is 254 g/mol. The molecule has 1 aromatic rings. The van der Waals surface area contributed by atoms with E-state index in [0.29, 0.717) is 13.0 Å². The Kier molecular flexibility index (Phi) is 4.37. The van der Waals surface area contributed by atoms with Crippen LogP contribution in [-0.2, 0) is 9.59 Å². The largest absolute Gasteiger partial charge is 0.348 e. The Morgan fingerprint density at radius 1 is 1.40 bits per heavy atom. The van der Waals surface area contributed by atoms with E-state index in [1.165, 1.54) is 0 Å². The van der Waals surface area contributed by atoms with Crippen molar-refractivity contribution in [2.75, 3.05) is 6.54 Å². The van der Waals surface area contributed by atoms with Crippen molar-refractivity contribution in [3.05, 3.63) is 30.1 Å². The van der Waals surface area contributed by atoms with Gasteiger partial charge in [0.05, 0.1) is 17.7 Å². The normalized spacial score (nSPS) is 20.3. The van der Waals surface area contributed by atoms with E-state index in [9.17, 15) is 9.59 Å². The maximum absolute atomic E-state index is 12.2. The van der Waals surface area contributed by atoms with Gasteiger partial charge in [0, 0.05) is 25.2 Å². The fourth-order valence-corrected chi connectivity index (χ4v) is 2.44. The highest BCUT2D eigenvalue weighted by Crippen LogP contribution is 2.21. The summed E-state index contributed by atoms with van der Waals surface area (Å²) in [4.78, 5) is 30.0. The fourth-order valence-electron chi connectivity index (χ4n) is 2.44. The lowest BCUT2D eigenvalue weighted by Crippen LogP contribution is -2.36. The molecule has 1 saturated heterocycles. The molecule has 0 aromatic carbocycles. The van der Waals surface area contributed by atoms with Crippen LogP contribution in [0.3, 0.4) is 0 Å². The van der Waals surface area contributed by atoms with Crippen LogP contribution >= 0.6 is 0 Å². The van der Waals surface area contributed by atoms with E-state index >= 15 is 0 Å². The second kappa shape index (κ2) is 6.03. The lowest BCUT2D eigenvalue weighted by molar-refractivity contribution is -0.130. The zero-order chi connectivity index (χ0) is 14.7. The van der Waals surface area contributed by atoms with Gasteiger partial charge in [-0.3, -0.25) is 14.6 Å². The summed E-state index contributed by atoms with van der Waals surface area (Å²) in [6.07, 6.45) is 2.01. The highest BCUT2D eigenvalue weighted by Gasteiger charge is 2.35. The van der Waals surface area contributed by atoms with Crippen molar-refractivity contribution < 1.29 is 9.59 Å². The minimum absolute atomic E-state index is 0.0608. The van der Waals surface area contributed by atoms with Gasteiger partial charge in [0.1, 0.15) is 0 Å². The first-order valence-corrected chi connectivity index (χ1v) is 6.99. The van der Waals surface area contributed by atoms with Gasteiger partial charge in [-0.15, -0.1) is 0 Å². The number of nitrogens with zero attached hydrogens (tertiary/aromatic N) is 2. The predicted octanol–water partition coefficient (Wildman–Crippen LogP) is 1.52. The smallest absolute Gasteiger partial charge is 0.225 e. The number of likely N-dealkylation sites (tertiary alicyclic amines) is 1. The quantitative estimate of drug-likeness (QED) is 0.906. The minimum Gasteiger partial charge on any atom is -0.348 e. The van der Waals surface area contributed by atoms with Crippen molar-refractivity contribution in [3.63, 3.8) is 0 Å². The number of carbonyl (C=O) groups excluding carboxylic acids is 2. The molecule has 2 heterocycles. The summed E-state index contributed by atoms with van der Waals surface area (Å²) in [5.41, 5.74) is 0.825. The minimum atomic E-state index is -0.254. The first-order chi connectivity index (χ1) is 9.49. The van der Waals surface area contributed by atoms with Gasteiger partial charge in [-0.1, -0.05) is 6.07 Å². The molecular formula is C15H21N3O2. The van der Waals surface area contributed by atoms with Crippen molar-refractivity contribution >= 4 is 11.8 Å². The molecule has 108 valence electrons. The average Bonchev–Trinajstić information content (AvgIpc) is 2.82. The van der Waals surface area contributed by atoms with Crippen molar-refractivity contribution in [2.24, 2.45) is 5.92 Å². The molecule has 1 aliphatic rings. The average molecular weight is 275 g/mol. The summed E-state index contributed by atoms with van der Waals surface area (Å²) >= 11 is 0. The SMILES string of the molecule is CC(C)N1C[C@H](C(=O)N[C@@H](C)c2ccccn2)CC1=O. The van der Waals surface area contributed by atoms with Crippen LogP contribution in [0.5, 0.6) is 0 Å². The maximum Gasteiger partial charge on any atom is 0.225 e. The first-order valence-electron chi connectivity index (χ1n) is 6.99. The van der Waals surface area contributed by atoms with Crippen LogP contribution in [0, 0.1) is 5.92 Å². The predicted molar refractivity (Wildman–Crippen MR) is 75.8 cm³/mol. The van der Waals surface area contributed by atoms with Gasteiger partial charge in [-0.25, -0.2) is 0 Å². The molecule has 20 heavy (non-hydrogen) atoms. The van der Waals surface area contributed by atoms with Gasteiger partial charge < -0.3 is 10.2 Å². The highest BCUT2D eigenvalue weighted by atomic mass is 16.2. The van der Waals surface area contributed by atoms with Crippen molar-refractivity contribution in [1.82, 2.24) is 15.2 Å². The zero-order valence-corrected chi connectivity index (χ0v) is 12.2. The van der Waals surface area contributed by atoms with E-state index in [2.05, 4.69) is 10.3 Å². The number of hydrogen-bond donors (Lipinski definition) is 1. The van der Waals surface area contributed by atoms with Crippen LogP contribution in [0.25, 0.3) is 0 Å². The van der Waals surface area contributed by atoms with Gasteiger partial charge in [0.2, 0.25) is 11.8 Å². The van der Waals surface area contributed by atoms with Crippen LogP contribution in [0.4, 0.5) is 0 Å². The number of pyridine rings is 1. The van der Waals surface area contributed by atoms with E-state index in [0.717, 1.165) is 5.69 Å². The van der Waals surface area contributed by atoms with Gasteiger partial charge in [-0.2, -0.15) is 0 Å². The number of rotatable bonds is 4. The van der Waals surface area contributed by atoms with E-state index in [-0.39, 0.29) is 29.8 Å². The van der Waals surface area contributed by atoms with E-state index in [1.807, 2.05) is 39.0 Å². The van der Waals surface area contributed by atoms with Gasteiger partial charge in [0.15, 0.2) is 0 Å². The molecule has 0 radical (unpaired) electrons. The molecule has 0 unspecified atom stereocenters. The monoisotopic (exact) mass is 275 g/mol. The van der Waals surface area contributed by atoms with Crippen molar-refractivity contribution in [3.8, 4) is 0 Å². The topological polar surface area (TPSA) is 62.3 Å². The second-order valence-electron chi connectivity index (χ2n) is 5.53. The summed E-state index contributed by atoms with van der Waals surface area (Å²) in [6, 6.07) is 5.62. The molecule has 0 bridgehead atoms. The Morgan fingerprint density at radius 3 is 2.70 bits per heavy atom. The van der Waals surface area contributed by atoms with Crippen LogP contribution in [0.2, 0.25) is 0 Å². The van der Waals surface area contributed by atoms with Gasteiger partial charge in [0.25, 0.3) is 0 Å². The Hall–Kier alpha value is -1.91. The van der Waals surface area contributed by atoms with E-state index in [4.69, 9.17) is 0 Å². The molecule has 1 aromatic heterocycles. The number of hydrogen-bond acceptors (Lipinski definition) is 3. The van der Waals surface area contributed by atoms with Gasteiger partial charge in [-0.05, 0) is 32.9 Å². The molecule has 0 aliphatic carbocycles. The molecule has 1 aliphatic heterocycles. The summed E-state index contributed by atoms with van der Waals surface area (Å²) < 4.78 is 0. The Labute approximate surface area is 119 Å². The first kappa shape index (κ1) is 14.5. The summed E-state index contributed by atoms with van der Waals surface area (Å²) in [5.74, 6) is -0.263. The van der Waals surface area contributed by atoms with Crippen LogP contribution in [0.1, 0.15) is 38.9 Å². The number of amides is 2. The van der Waals surface area contributed by atoms with Crippen LogP contribution < -0.4 is 5.32 Å². The summed E-state index contributed by atoms with van der Waals surface area (Å²) in [7, 11) is 0. The van der Waals surface area contributed by atoms with Crippen LogP contribution in [0.15, 0.2) is 24.4 Å². The standard InChI is InChI=1S/C15H21N3O2/c1-10(2)18-9-12(8-14(18)19)15(20)17-11(3)13-6-4-5-7-16-13/h4-7,10-12H,8-9H2,1-3H3,(H,17,20)/t11-,12+/m0/s1. The Balaban J connectivity index is 1.95. The molecule has 1 fully saturated rings. The summed E-state index contributed by atoms with van der Waals surface area (Å²) in [5, 5.41) is 2.94. The van der Waals surface area contributed by atoms with E-state index in [1.54, 1.807) is 11.1 Å². The molecule has 5 nitrogen and oxygen atoms in total. The lowest BCUT2D eigenvalue weighted by atomic mass is 10.1. The third-order valence-electron chi connectivity index (χ3n) is 3.64. The van der Waals surface area contributed by atoms with Crippen molar-refractivity contribution in [1.29, 1.82) is 0 Å². The number of nitrogens with one attached hydrogen (secondary N) is 1. The number of aromatic nitrogens is 1. The lowest BCUT2D eigenvalue weighted by Gasteiger charge is -2.21. The zero-order valence-electron chi connectivity index (χ0n) is 12.2. The molecule has 5 heteroatoms. The van der Waals surface area contributed by atoms with Crippen LogP contribution in [-0.4, -0.2) is 34.3 Å². The molecule has 0 saturated carbocycles. The third-order valence-corrected chi connectivity index (χ3v) is 3.64. The fraction of sp³-hybridized carbons (Fsp3) is 0.533. The molecule has 0 spiro atoms. The third kappa shape index (κ3) is 3.15. The number of carbonyl (C=O) groups is 2.